The minimum atomic E-state index is 0.340. The summed E-state index contributed by atoms with van der Waals surface area (Å²) >= 11 is 0. The van der Waals surface area contributed by atoms with Gasteiger partial charge in [-0.05, 0) is 33.1 Å². The Hall–Kier alpha value is -0.910. The predicted octanol–water partition coefficient (Wildman–Crippen LogP) is 2.06. The molecule has 112 valence electrons. The second-order valence-electron chi connectivity index (χ2n) is 5.87. The van der Waals surface area contributed by atoms with E-state index in [9.17, 15) is 0 Å². The molecule has 1 aromatic rings. The summed E-state index contributed by atoms with van der Waals surface area (Å²) in [5.74, 6) is 1.74. The molecular formula is C15H24N2O3. The molecule has 0 bridgehead atoms. The maximum atomic E-state index is 5.92. The first kappa shape index (κ1) is 14.0. The summed E-state index contributed by atoms with van der Waals surface area (Å²) in [7, 11) is 1.81. The van der Waals surface area contributed by atoms with E-state index in [0.717, 1.165) is 56.3 Å². The summed E-state index contributed by atoms with van der Waals surface area (Å²) in [5.41, 5.74) is 0.989. The number of aryl methyl sites for hydroxylation is 2. The molecule has 20 heavy (non-hydrogen) atoms. The van der Waals surface area contributed by atoms with Gasteiger partial charge in [0.25, 0.3) is 0 Å². The van der Waals surface area contributed by atoms with Crippen molar-refractivity contribution in [1.82, 2.24) is 9.88 Å². The van der Waals surface area contributed by atoms with Crippen molar-refractivity contribution in [3.05, 3.63) is 17.3 Å². The predicted molar refractivity (Wildman–Crippen MR) is 74.6 cm³/mol. The highest BCUT2D eigenvalue weighted by Crippen LogP contribution is 2.31. The Morgan fingerprint density at radius 1 is 1.35 bits per heavy atom. The number of ether oxygens (including phenoxy) is 2. The number of nitrogens with zero attached hydrogens (tertiary/aromatic N) is 2. The van der Waals surface area contributed by atoms with Gasteiger partial charge in [-0.25, -0.2) is 4.98 Å². The Morgan fingerprint density at radius 3 is 2.90 bits per heavy atom. The summed E-state index contributed by atoms with van der Waals surface area (Å²) in [5, 5.41) is 0. The van der Waals surface area contributed by atoms with Crippen molar-refractivity contribution in [3.63, 3.8) is 0 Å². The quantitative estimate of drug-likeness (QED) is 0.848. The minimum absolute atomic E-state index is 0.340. The van der Waals surface area contributed by atoms with Crippen LogP contribution >= 0.6 is 0 Å². The van der Waals surface area contributed by atoms with Crippen LogP contribution in [0.25, 0.3) is 0 Å². The number of rotatable bonds is 3. The minimum Gasteiger partial charge on any atom is -0.444 e. The molecule has 1 saturated heterocycles. The van der Waals surface area contributed by atoms with Crippen molar-refractivity contribution in [2.75, 3.05) is 20.3 Å². The van der Waals surface area contributed by atoms with Gasteiger partial charge in [0.2, 0.25) is 5.89 Å². The van der Waals surface area contributed by atoms with Gasteiger partial charge in [0.05, 0.1) is 31.1 Å². The summed E-state index contributed by atoms with van der Waals surface area (Å²) in [6.45, 7) is 6.48. The second-order valence-corrected chi connectivity index (χ2v) is 5.87. The molecule has 0 amide bonds. The molecule has 0 spiro atoms. The highest BCUT2D eigenvalue weighted by atomic mass is 16.5. The van der Waals surface area contributed by atoms with Crippen LogP contribution in [0.2, 0.25) is 0 Å². The lowest BCUT2D eigenvalue weighted by molar-refractivity contribution is -0.117. The van der Waals surface area contributed by atoms with Gasteiger partial charge in [-0.15, -0.1) is 0 Å². The summed E-state index contributed by atoms with van der Waals surface area (Å²) < 4.78 is 17.2. The van der Waals surface area contributed by atoms with Crippen molar-refractivity contribution >= 4 is 0 Å². The SMILES string of the molecule is CO[C@@H]1CC[C@@H]2OCCN(Cc3nc(C)c(C)o3)[C@H]2C1. The molecular weight excluding hydrogens is 256 g/mol. The first-order chi connectivity index (χ1) is 9.67. The van der Waals surface area contributed by atoms with Gasteiger partial charge >= 0.3 is 0 Å². The number of aromatic nitrogens is 1. The van der Waals surface area contributed by atoms with Crippen LogP contribution in [-0.4, -0.2) is 48.4 Å². The summed E-state index contributed by atoms with van der Waals surface area (Å²) in [4.78, 5) is 6.95. The Labute approximate surface area is 120 Å². The maximum Gasteiger partial charge on any atom is 0.208 e. The Balaban J connectivity index is 1.70. The monoisotopic (exact) mass is 280 g/mol. The van der Waals surface area contributed by atoms with Crippen molar-refractivity contribution in [3.8, 4) is 0 Å². The average Bonchev–Trinajstić information content (AvgIpc) is 2.77. The molecule has 0 N–H and O–H groups in total. The number of oxazole rings is 1. The molecule has 1 saturated carbocycles. The number of fused-ring (bicyclic) bond motifs is 1. The average molecular weight is 280 g/mol. The van der Waals surface area contributed by atoms with Crippen LogP contribution < -0.4 is 0 Å². The standard InChI is InChI=1S/C15H24N2O3/c1-10-11(2)20-15(16-10)9-17-6-7-19-14-5-4-12(18-3)8-13(14)17/h12-14H,4-9H2,1-3H3/t12-,13+,14+/m1/s1. The van der Waals surface area contributed by atoms with E-state index in [1.807, 2.05) is 13.8 Å². The molecule has 3 atom stereocenters. The van der Waals surface area contributed by atoms with Gasteiger partial charge in [-0.3, -0.25) is 4.90 Å². The fraction of sp³-hybridized carbons (Fsp3) is 0.800. The smallest absolute Gasteiger partial charge is 0.208 e. The Bertz CT molecular complexity index is 440. The zero-order valence-corrected chi connectivity index (χ0v) is 12.6. The van der Waals surface area contributed by atoms with E-state index >= 15 is 0 Å². The third kappa shape index (κ3) is 2.75. The van der Waals surface area contributed by atoms with E-state index < -0.39 is 0 Å². The van der Waals surface area contributed by atoms with Crippen LogP contribution in [0.15, 0.2) is 4.42 Å². The third-order valence-corrected chi connectivity index (χ3v) is 4.63. The second kappa shape index (κ2) is 5.84. The van der Waals surface area contributed by atoms with E-state index in [4.69, 9.17) is 13.9 Å². The first-order valence-electron chi connectivity index (χ1n) is 7.48. The summed E-state index contributed by atoms with van der Waals surface area (Å²) in [6.07, 6.45) is 3.92. The van der Waals surface area contributed by atoms with Gasteiger partial charge in [0, 0.05) is 19.7 Å². The third-order valence-electron chi connectivity index (χ3n) is 4.63. The van der Waals surface area contributed by atoms with E-state index in [-0.39, 0.29) is 0 Å². The van der Waals surface area contributed by atoms with Crippen LogP contribution in [0.3, 0.4) is 0 Å². The lowest BCUT2D eigenvalue weighted by Gasteiger charge is -2.45. The van der Waals surface area contributed by atoms with E-state index in [2.05, 4.69) is 9.88 Å². The van der Waals surface area contributed by atoms with E-state index in [0.29, 0.717) is 18.2 Å². The zero-order valence-electron chi connectivity index (χ0n) is 12.6. The van der Waals surface area contributed by atoms with Crippen LogP contribution in [0.4, 0.5) is 0 Å². The van der Waals surface area contributed by atoms with Crippen LogP contribution in [-0.2, 0) is 16.0 Å². The van der Waals surface area contributed by atoms with Gasteiger partial charge < -0.3 is 13.9 Å². The van der Waals surface area contributed by atoms with Crippen molar-refractivity contribution in [1.29, 1.82) is 0 Å². The van der Waals surface area contributed by atoms with Gasteiger partial charge in [-0.1, -0.05) is 0 Å². The topological polar surface area (TPSA) is 47.7 Å². The molecule has 2 aliphatic rings. The molecule has 5 nitrogen and oxygen atoms in total. The molecule has 2 heterocycles. The highest BCUT2D eigenvalue weighted by Gasteiger charge is 2.38. The normalized spacial score (nSPS) is 31.2. The largest absolute Gasteiger partial charge is 0.444 e. The first-order valence-corrected chi connectivity index (χ1v) is 7.48. The molecule has 0 unspecified atom stereocenters. The van der Waals surface area contributed by atoms with Crippen LogP contribution in [0.5, 0.6) is 0 Å². The van der Waals surface area contributed by atoms with Crippen molar-refractivity contribution in [2.45, 2.75) is 57.9 Å². The number of methoxy groups -OCH3 is 1. The van der Waals surface area contributed by atoms with Gasteiger partial charge in [-0.2, -0.15) is 0 Å². The Kier molecular flexibility index (Phi) is 4.10. The molecule has 5 heteroatoms. The summed E-state index contributed by atoms with van der Waals surface area (Å²) in [6, 6.07) is 0.426. The number of morpholine rings is 1. The van der Waals surface area contributed by atoms with Gasteiger partial charge in [0.15, 0.2) is 0 Å². The molecule has 0 radical (unpaired) electrons. The maximum absolute atomic E-state index is 5.92. The molecule has 0 aromatic carbocycles. The number of hydrogen-bond acceptors (Lipinski definition) is 5. The van der Waals surface area contributed by atoms with Crippen molar-refractivity contribution < 1.29 is 13.9 Å². The van der Waals surface area contributed by atoms with E-state index in [1.54, 1.807) is 7.11 Å². The zero-order chi connectivity index (χ0) is 14.1. The fourth-order valence-corrected chi connectivity index (χ4v) is 3.34. The number of hydrogen-bond donors (Lipinski definition) is 0. The van der Waals surface area contributed by atoms with Crippen molar-refractivity contribution in [2.24, 2.45) is 0 Å². The molecule has 1 aliphatic heterocycles. The lowest BCUT2D eigenvalue weighted by Crippen LogP contribution is -2.54. The molecule has 2 fully saturated rings. The van der Waals surface area contributed by atoms with Gasteiger partial charge in [0.1, 0.15) is 5.76 Å². The van der Waals surface area contributed by atoms with Crippen LogP contribution in [0.1, 0.15) is 36.6 Å². The van der Waals surface area contributed by atoms with E-state index in [1.165, 1.54) is 0 Å². The van der Waals surface area contributed by atoms with Crippen LogP contribution in [0, 0.1) is 13.8 Å². The molecule has 1 aliphatic carbocycles. The molecule has 1 aromatic heterocycles. The molecule has 3 rings (SSSR count). The fourth-order valence-electron chi connectivity index (χ4n) is 3.34. The highest BCUT2D eigenvalue weighted by molar-refractivity contribution is 5.05. The Morgan fingerprint density at radius 2 is 2.20 bits per heavy atom. The lowest BCUT2D eigenvalue weighted by atomic mass is 9.88.